The maximum absolute atomic E-state index is 13.6. The molecule has 2 rings (SSSR count). The zero-order valence-electron chi connectivity index (χ0n) is 27.2. The first-order valence-corrected chi connectivity index (χ1v) is 14.9. The lowest BCUT2D eigenvalue weighted by molar-refractivity contribution is -0.167. The van der Waals surface area contributed by atoms with Crippen molar-refractivity contribution in [2.24, 2.45) is 5.92 Å². The standard InChI is InChI=1S/C33H51NO8/c1-12-15-21(3)39-28-23(5)40-29(35)27(34(30(36)41-32(6,7)8)31(37)42-33(9,10)11)20-38-19-26(28)18-25-17-14-16-24(13-2)22(25)4/h13-14,16-17,21,23,26-28H,2,12,15,18-20H2,1,3-11H3. The molecule has 0 bridgehead atoms. The fourth-order valence-electron chi connectivity index (χ4n) is 4.90. The monoisotopic (exact) mass is 589 g/mol. The number of esters is 1. The zero-order valence-corrected chi connectivity index (χ0v) is 27.2. The number of nitrogens with zero attached hydrogens (tertiary/aromatic N) is 1. The van der Waals surface area contributed by atoms with E-state index in [-0.39, 0.29) is 25.2 Å². The van der Waals surface area contributed by atoms with Gasteiger partial charge in [0.05, 0.1) is 25.4 Å². The Morgan fingerprint density at radius 3 is 2.21 bits per heavy atom. The van der Waals surface area contributed by atoms with Crippen LogP contribution in [0.25, 0.3) is 6.08 Å². The average Bonchev–Trinajstić information content (AvgIpc) is 2.89. The second kappa shape index (κ2) is 15.0. The van der Waals surface area contributed by atoms with Gasteiger partial charge < -0.3 is 23.7 Å². The maximum Gasteiger partial charge on any atom is 0.420 e. The highest BCUT2D eigenvalue weighted by atomic mass is 16.6. The third kappa shape index (κ3) is 10.4. The van der Waals surface area contributed by atoms with Gasteiger partial charge in [0.15, 0.2) is 6.04 Å². The molecule has 1 aromatic carbocycles. The lowest BCUT2D eigenvalue weighted by atomic mass is 9.88. The van der Waals surface area contributed by atoms with E-state index in [9.17, 15) is 14.4 Å². The molecular weight excluding hydrogens is 538 g/mol. The molecule has 1 aliphatic rings. The van der Waals surface area contributed by atoms with Crippen LogP contribution in [-0.2, 0) is 34.9 Å². The van der Waals surface area contributed by atoms with Gasteiger partial charge in [0.25, 0.3) is 0 Å². The molecular formula is C33H51NO8. The summed E-state index contributed by atoms with van der Waals surface area (Å²) in [5.74, 6) is -0.998. The number of benzene rings is 1. The summed E-state index contributed by atoms with van der Waals surface area (Å²) < 4.78 is 29.6. The Morgan fingerprint density at radius 1 is 1.10 bits per heavy atom. The van der Waals surface area contributed by atoms with E-state index in [2.05, 4.69) is 26.5 Å². The lowest BCUT2D eigenvalue weighted by Crippen LogP contribution is -2.54. The number of cyclic esters (lactones) is 1. The fourth-order valence-corrected chi connectivity index (χ4v) is 4.90. The van der Waals surface area contributed by atoms with Crippen LogP contribution in [0.15, 0.2) is 24.8 Å². The molecule has 0 aliphatic carbocycles. The van der Waals surface area contributed by atoms with E-state index in [1.807, 2.05) is 25.1 Å². The quantitative estimate of drug-likeness (QED) is 0.239. The van der Waals surface area contributed by atoms with Crippen molar-refractivity contribution < 1.29 is 38.1 Å². The van der Waals surface area contributed by atoms with Gasteiger partial charge >= 0.3 is 18.2 Å². The van der Waals surface area contributed by atoms with Gasteiger partial charge in [0.1, 0.15) is 17.3 Å². The number of rotatable bonds is 8. The zero-order chi connectivity index (χ0) is 31.8. The Balaban J connectivity index is 2.49. The highest BCUT2D eigenvalue weighted by molar-refractivity contribution is 5.94. The fraction of sp³-hybridized carbons (Fsp3) is 0.667. The summed E-state index contributed by atoms with van der Waals surface area (Å²) in [7, 11) is 0. The minimum atomic E-state index is -1.42. The lowest BCUT2D eigenvalue weighted by Gasteiger charge is -2.34. The molecule has 1 aliphatic heterocycles. The second-order valence-corrected chi connectivity index (χ2v) is 13.0. The van der Waals surface area contributed by atoms with Crippen LogP contribution in [0.5, 0.6) is 0 Å². The summed E-state index contributed by atoms with van der Waals surface area (Å²) in [6, 6.07) is 4.65. The van der Waals surface area contributed by atoms with Gasteiger partial charge in [-0.1, -0.05) is 44.2 Å². The van der Waals surface area contributed by atoms with E-state index in [4.69, 9.17) is 23.7 Å². The maximum atomic E-state index is 13.6. The van der Waals surface area contributed by atoms with Gasteiger partial charge in [0.2, 0.25) is 0 Å². The van der Waals surface area contributed by atoms with E-state index in [1.165, 1.54) is 0 Å². The summed E-state index contributed by atoms with van der Waals surface area (Å²) in [5.41, 5.74) is 1.40. The molecule has 0 aromatic heterocycles. The normalized spacial score (nSPS) is 22.6. The molecule has 236 valence electrons. The van der Waals surface area contributed by atoms with Crippen LogP contribution in [0.1, 0.15) is 91.8 Å². The predicted molar refractivity (Wildman–Crippen MR) is 162 cm³/mol. The van der Waals surface area contributed by atoms with E-state index >= 15 is 0 Å². The molecule has 0 saturated carbocycles. The number of ether oxygens (including phenoxy) is 5. The second-order valence-electron chi connectivity index (χ2n) is 13.0. The molecule has 42 heavy (non-hydrogen) atoms. The van der Waals surface area contributed by atoms with Crippen LogP contribution in [0.4, 0.5) is 9.59 Å². The molecule has 1 fully saturated rings. The Morgan fingerprint density at radius 2 is 1.69 bits per heavy atom. The van der Waals surface area contributed by atoms with Crippen molar-refractivity contribution in [2.75, 3.05) is 13.2 Å². The first-order chi connectivity index (χ1) is 19.5. The average molecular weight is 590 g/mol. The van der Waals surface area contributed by atoms with Crippen LogP contribution in [-0.4, -0.2) is 71.8 Å². The largest absolute Gasteiger partial charge is 0.458 e. The Kier molecular flexibility index (Phi) is 12.6. The number of carbonyl (C=O) groups excluding carboxylic acids is 3. The molecule has 9 nitrogen and oxygen atoms in total. The van der Waals surface area contributed by atoms with Gasteiger partial charge in [-0.05, 0) is 91.8 Å². The van der Waals surface area contributed by atoms with Gasteiger partial charge in [-0.2, -0.15) is 4.90 Å². The molecule has 1 saturated heterocycles. The van der Waals surface area contributed by atoms with Crippen LogP contribution < -0.4 is 0 Å². The van der Waals surface area contributed by atoms with Gasteiger partial charge in [-0.15, -0.1) is 0 Å². The molecule has 5 unspecified atom stereocenters. The van der Waals surface area contributed by atoms with Crippen molar-refractivity contribution in [3.05, 3.63) is 41.5 Å². The molecule has 1 heterocycles. The summed E-state index contributed by atoms with van der Waals surface area (Å²) in [5, 5.41) is 0. The molecule has 5 atom stereocenters. The first-order valence-electron chi connectivity index (χ1n) is 14.9. The van der Waals surface area contributed by atoms with Crippen molar-refractivity contribution in [3.63, 3.8) is 0 Å². The third-order valence-corrected chi connectivity index (χ3v) is 6.88. The third-order valence-electron chi connectivity index (χ3n) is 6.88. The number of hydrogen-bond donors (Lipinski definition) is 0. The number of carbonyl (C=O) groups is 3. The number of amides is 2. The highest BCUT2D eigenvalue weighted by Gasteiger charge is 2.44. The molecule has 0 spiro atoms. The van der Waals surface area contributed by atoms with E-state index in [0.29, 0.717) is 11.3 Å². The van der Waals surface area contributed by atoms with E-state index < -0.39 is 47.6 Å². The summed E-state index contributed by atoms with van der Waals surface area (Å²) >= 11 is 0. The summed E-state index contributed by atoms with van der Waals surface area (Å²) in [6.07, 6.45) is 0.874. The van der Waals surface area contributed by atoms with Crippen molar-refractivity contribution in [2.45, 2.75) is 124 Å². The van der Waals surface area contributed by atoms with E-state index in [1.54, 1.807) is 48.5 Å². The molecule has 1 aromatic rings. The van der Waals surface area contributed by atoms with Gasteiger partial charge in [-0.3, -0.25) is 0 Å². The van der Waals surface area contributed by atoms with Crippen LogP contribution in [0.3, 0.4) is 0 Å². The van der Waals surface area contributed by atoms with Crippen molar-refractivity contribution in [1.82, 2.24) is 4.90 Å². The Hall–Kier alpha value is -2.91. The topological polar surface area (TPSA) is 101 Å². The van der Waals surface area contributed by atoms with Crippen molar-refractivity contribution >= 4 is 24.2 Å². The minimum absolute atomic E-state index is 0.0826. The number of hydrogen-bond acceptors (Lipinski definition) is 8. The number of imide groups is 1. The molecule has 9 heteroatoms. The highest BCUT2D eigenvalue weighted by Crippen LogP contribution is 2.28. The van der Waals surface area contributed by atoms with Crippen molar-refractivity contribution in [1.29, 1.82) is 0 Å². The van der Waals surface area contributed by atoms with E-state index in [0.717, 1.165) is 29.5 Å². The van der Waals surface area contributed by atoms with Crippen molar-refractivity contribution in [3.8, 4) is 0 Å². The van der Waals surface area contributed by atoms with Gasteiger partial charge in [0, 0.05) is 5.92 Å². The summed E-state index contributed by atoms with van der Waals surface area (Å²) in [6.45, 7) is 21.8. The predicted octanol–water partition coefficient (Wildman–Crippen LogP) is 6.87. The van der Waals surface area contributed by atoms with Gasteiger partial charge in [-0.25, -0.2) is 14.4 Å². The first kappa shape index (κ1) is 35.3. The van der Waals surface area contributed by atoms with Crippen LogP contribution in [0.2, 0.25) is 0 Å². The SMILES string of the molecule is C=Cc1cccc(CC2COCC(N(C(=O)OC(C)(C)C)C(=O)OC(C)(C)C)C(=O)OC(C)C2OC(C)CCC)c1C. The van der Waals surface area contributed by atoms with Crippen LogP contribution >= 0.6 is 0 Å². The molecule has 0 radical (unpaired) electrons. The Bertz CT molecular complexity index is 1060. The minimum Gasteiger partial charge on any atom is -0.458 e. The summed E-state index contributed by atoms with van der Waals surface area (Å²) in [4.78, 5) is 40.9. The Labute approximate surface area is 251 Å². The molecule has 2 amide bonds. The van der Waals surface area contributed by atoms with Crippen LogP contribution in [0, 0.1) is 12.8 Å². The molecule has 0 N–H and O–H groups in total. The smallest absolute Gasteiger partial charge is 0.420 e.